The average Bonchev–Trinajstić information content (AvgIpc) is 3.38. The summed E-state index contributed by atoms with van der Waals surface area (Å²) in [6.45, 7) is 4.17. The van der Waals surface area contributed by atoms with Crippen LogP contribution in [0.25, 0.3) is 0 Å². The largest absolute Gasteiger partial charge is 0.342 e. The van der Waals surface area contributed by atoms with E-state index in [0.717, 1.165) is 51.9 Å². The molecule has 1 aromatic rings. The highest BCUT2D eigenvalue weighted by Crippen LogP contribution is 2.34. The maximum absolute atomic E-state index is 13.9. The normalized spacial score (nSPS) is 24.9. The van der Waals surface area contributed by atoms with Crippen LogP contribution in [0.1, 0.15) is 56.9 Å². The number of carbonyl (C=O) groups excluding carboxylic acids is 1. The molecule has 1 aromatic carbocycles. The lowest BCUT2D eigenvalue weighted by Crippen LogP contribution is -2.37. The van der Waals surface area contributed by atoms with Gasteiger partial charge in [0.1, 0.15) is 0 Å². The Bertz CT molecular complexity index is 681. The molecule has 2 aliphatic heterocycles. The maximum Gasteiger partial charge on any atom is 0.222 e. The van der Waals surface area contributed by atoms with Crippen molar-refractivity contribution in [2.75, 3.05) is 26.2 Å². The van der Waals surface area contributed by atoms with Crippen LogP contribution in [0.2, 0.25) is 0 Å². The number of hydrogen-bond donors (Lipinski definition) is 0. The quantitative estimate of drug-likeness (QED) is 0.733. The molecule has 2 heterocycles. The van der Waals surface area contributed by atoms with Gasteiger partial charge in [0.05, 0.1) is 0 Å². The number of rotatable bonds is 5. The average molecular weight is 391 g/mol. The van der Waals surface area contributed by atoms with E-state index in [-0.39, 0.29) is 0 Å². The van der Waals surface area contributed by atoms with E-state index < -0.39 is 11.6 Å². The summed E-state index contributed by atoms with van der Waals surface area (Å²) < 4.78 is 27.3. The number of amides is 1. The highest BCUT2D eigenvalue weighted by atomic mass is 19.2. The molecule has 3 aliphatic rings. The third-order valence-corrected chi connectivity index (χ3v) is 7.24. The second-order valence-electron chi connectivity index (χ2n) is 9.07. The minimum Gasteiger partial charge on any atom is -0.342 e. The summed E-state index contributed by atoms with van der Waals surface area (Å²) >= 11 is 0. The summed E-state index contributed by atoms with van der Waals surface area (Å²) in [6, 6.07) is 4.43. The van der Waals surface area contributed by atoms with Crippen molar-refractivity contribution in [3.05, 3.63) is 35.4 Å². The van der Waals surface area contributed by atoms with Gasteiger partial charge in [-0.25, -0.2) is 8.78 Å². The fourth-order valence-corrected chi connectivity index (χ4v) is 5.48. The van der Waals surface area contributed by atoms with Crippen molar-refractivity contribution < 1.29 is 13.6 Å². The van der Waals surface area contributed by atoms with Crippen LogP contribution in [-0.2, 0) is 11.3 Å². The maximum atomic E-state index is 13.9. The first kappa shape index (κ1) is 19.8. The fourth-order valence-electron chi connectivity index (χ4n) is 5.48. The Morgan fingerprint density at radius 1 is 0.964 bits per heavy atom. The van der Waals surface area contributed by atoms with Gasteiger partial charge >= 0.3 is 0 Å². The van der Waals surface area contributed by atoms with Gasteiger partial charge in [0.2, 0.25) is 5.91 Å². The Labute approximate surface area is 167 Å². The second-order valence-corrected chi connectivity index (χ2v) is 9.07. The minimum absolute atomic E-state index is 0.369. The van der Waals surface area contributed by atoms with Crippen LogP contribution in [0.15, 0.2) is 18.2 Å². The van der Waals surface area contributed by atoms with Crippen molar-refractivity contribution >= 4 is 5.91 Å². The van der Waals surface area contributed by atoms with E-state index >= 15 is 0 Å². The standard InChI is InChI=1S/C23H32F2N2O/c24-21-7-3-6-20(23(21)25)15-26-11-8-18(9-12-26)19-10-13-27(16-19)22(28)14-17-4-1-2-5-17/h3,6-7,17-19H,1-2,4-5,8-16H2/t19-/m0/s1. The molecule has 1 atom stereocenters. The van der Waals surface area contributed by atoms with E-state index in [9.17, 15) is 13.6 Å². The molecule has 0 spiro atoms. The lowest BCUT2D eigenvalue weighted by Gasteiger charge is -2.35. The number of piperidine rings is 1. The predicted molar refractivity (Wildman–Crippen MR) is 106 cm³/mol. The molecule has 4 rings (SSSR count). The summed E-state index contributed by atoms with van der Waals surface area (Å²) in [7, 11) is 0. The first-order valence-electron chi connectivity index (χ1n) is 11.0. The van der Waals surface area contributed by atoms with Gasteiger partial charge in [-0.05, 0) is 69.0 Å². The number of halogens is 2. The van der Waals surface area contributed by atoms with Crippen LogP contribution in [0.4, 0.5) is 8.78 Å². The van der Waals surface area contributed by atoms with Gasteiger partial charge in [0.15, 0.2) is 11.6 Å². The van der Waals surface area contributed by atoms with Gasteiger partial charge in [-0.2, -0.15) is 0 Å². The molecule has 1 aliphatic carbocycles. The number of likely N-dealkylation sites (tertiary alicyclic amines) is 2. The molecule has 0 aromatic heterocycles. The van der Waals surface area contributed by atoms with Crippen molar-refractivity contribution in [2.45, 2.75) is 57.9 Å². The van der Waals surface area contributed by atoms with Gasteiger partial charge in [-0.1, -0.05) is 25.0 Å². The Morgan fingerprint density at radius 2 is 1.68 bits per heavy atom. The SMILES string of the molecule is O=C(CC1CCCC1)N1CC[C@H](C2CCN(Cc3cccc(F)c3F)CC2)C1. The van der Waals surface area contributed by atoms with Gasteiger partial charge in [-0.15, -0.1) is 0 Å². The number of nitrogens with zero attached hydrogens (tertiary/aromatic N) is 2. The van der Waals surface area contributed by atoms with Crippen LogP contribution in [0, 0.1) is 29.4 Å². The van der Waals surface area contributed by atoms with E-state index in [4.69, 9.17) is 0 Å². The van der Waals surface area contributed by atoms with Gasteiger partial charge in [-0.3, -0.25) is 9.69 Å². The van der Waals surface area contributed by atoms with Gasteiger partial charge in [0.25, 0.3) is 0 Å². The first-order valence-corrected chi connectivity index (χ1v) is 11.0. The van der Waals surface area contributed by atoms with E-state index in [1.807, 2.05) is 0 Å². The van der Waals surface area contributed by atoms with Crippen molar-refractivity contribution in [2.24, 2.45) is 17.8 Å². The van der Waals surface area contributed by atoms with Crippen molar-refractivity contribution in [3.63, 3.8) is 0 Å². The smallest absolute Gasteiger partial charge is 0.222 e. The molecule has 5 heteroatoms. The minimum atomic E-state index is -0.763. The van der Waals surface area contributed by atoms with Gasteiger partial charge in [0, 0.05) is 31.6 Å². The highest BCUT2D eigenvalue weighted by Gasteiger charge is 2.34. The van der Waals surface area contributed by atoms with Crippen LogP contribution in [-0.4, -0.2) is 41.9 Å². The number of carbonyl (C=O) groups is 1. The first-order chi connectivity index (χ1) is 13.6. The van der Waals surface area contributed by atoms with Crippen LogP contribution >= 0.6 is 0 Å². The summed E-state index contributed by atoms with van der Waals surface area (Å²) in [6.07, 6.45) is 9.10. The van der Waals surface area contributed by atoms with E-state index in [2.05, 4.69) is 9.80 Å². The third-order valence-electron chi connectivity index (χ3n) is 7.24. The summed E-state index contributed by atoms with van der Waals surface area (Å²) in [4.78, 5) is 16.9. The van der Waals surface area contributed by atoms with E-state index in [1.54, 1.807) is 12.1 Å². The molecule has 1 amide bonds. The second kappa shape index (κ2) is 8.89. The molecular formula is C23H32F2N2O. The molecular weight excluding hydrogens is 358 g/mol. The number of hydrogen-bond acceptors (Lipinski definition) is 2. The highest BCUT2D eigenvalue weighted by molar-refractivity contribution is 5.76. The molecule has 0 unspecified atom stereocenters. The summed E-state index contributed by atoms with van der Waals surface area (Å²) in [5.74, 6) is 0.780. The third kappa shape index (κ3) is 4.56. The zero-order valence-corrected chi connectivity index (χ0v) is 16.7. The molecule has 0 radical (unpaired) electrons. The Kier molecular flexibility index (Phi) is 6.29. The summed E-state index contributed by atoms with van der Waals surface area (Å²) in [5, 5.41) is 0. The molecule has 2 saturated heterocycles. The molecule has 1 saturated carbocycles. The fraction of sp³-hybridized carbons (Fsp3) is 0.696. The van der Waals surface area contributed by atoms with Crippen LogP contribution in [0.3, 0.4) is 0 Å². The van der Waals surface area contributed by atoms with E-state index in [1.165, 1.54) is 31.7 Å². The van der Waals surface area contributed by atoms with Crippen LogP contribution in [0.5, 0.6) is 0 Å². The van der Waals surface area contributed by atoms with Crippen molar-refractivity contribution in [1.29, 1.82) is 0 Å². The topological polar surface area (TPSA) is 23.6 Å². The predicted octanol–water partition coefficient (Wildman–Crippen LogP) is 4.61. The Morgan fingerprint density at radius 3 is 2.43 bits per heavy atom. The number of benzene rings is 1. The Hall–Kier alpha value is -1.49. The van der Waals surface area contributed by atoms with Crippen LogP contribution < -0.4 is 0 Å². The Balaban J connectivity index is 1.23. The van der Waals surface area contributed by atoms with E-state index in [0.29, 0.717) is 35.8 Å². The molecule has 154 valence electrons. The molecule has 3 fully saturated rings. The molecule has 0 bridgehead atoms. The molecule has 28 heavy (non-hydrogen) atoms. The van der Waals surface area contributed by atoms with Crippen molar-refractivity contribution in [3.8, 4) is 0 Å². The zero-order valence-electron chi connectivity index (χ0n) is 16.7. The van der Waals surface area contributed by atoms with Crippen molar-refractivity contribution in [1.82, 2.24) is 9.80 Å². The zero-order chi connectivity index (χ0) is 19.5. The molecule has 0 N–H and O–H groups in total. The summed E-state index contributed by atoms with van der Waals surface area (Å²) in [5.41, 5.74) is 0.447. The monoisotopic (exact) mass is 390 g/mol. The van der Waals surface area contributed by atoms with Gasteiger partial charge < -0.3 is 4.90 Å². The molecule has 3 nitrogen and oxygen atoms in total. The lowest BCUT2D eigenvalue weighted by molar-refractivity contribution is -0.131. The lowest BCUT2D eigenvalue weighted by atomic mass is 9.83.